The molecule has 0 fully saturated rings. The zero-order valence-electron chi connectivity index (χ0n) is 12.4. The lowest BCUT2D eigenvalue weighted by atomic mass is 9.95. The van der Waals surface area contributed by atoms with E-state index in [-0.39, 0.29) is 18.6 Å². The summed E-state index contributed by atoms with van der Waals surface area (Å²) in [6.07, 6.45) is 0.762. The number of benzene rings is 1. The van der Waals surface area contributed by atoms with Crippen molar-refractivity contribution in [2.75, 3.05) is 13.7 Å². The summed E-state index contributed by atoms with van der Waals surface area (Å²) in [7, 11) is 1.38. The van der Waals surface area contributed by atoms with Crippen LogP contribution in [0.3, 0.4) is 0 Å². The number of rotatable bonds is 6. The van der Waals surface area contributed by atoms with Crippen molar-refractivity contribution in [2.45, 2.75) is 33.2 Å². The van der Waals surface area contributed by atoms with Crippen LogP contribution < -0.4 is 10.5 Å². The van der Waals surface area contributed by atoms with Crippen molar-refractivity contribution in [3.05, 3.63) is 28.2 Å². The lowest BCUT2D eigenvalue weighted by Crippen LogP contribution is -2.32. The van der Waals surface area contributed by atoms with E-state index in [0.717, 1.165) is 22.2 Å². The van der Waals surface area contributed by atoms with Gasteiger partial charge < -0.3 is 15.2 Å². The molecule has 1 atom stereocenters. The standard InChI is InChI=1S/C15H22BrNO3/c1-10(17)7-11-8-12(5-6-13(11)16)20-9-15(2,3)14(18)19-4/h5-6,8,10H,7,9,17H2,1-4H3. The predicted octanol–water partition coefficient (Wildman–Crippen LogP) is 2.92. The van der Waals surface area contributed by atoms with E-state index < -0.39 is 5.41 Å². The normalized spacial score (nSPS) is 12.9. The van der Waals surface area contributed by atoms with Gasteiger partial charge in [0.25, 0.3) is 0 Å². The SMILES string of the molecule is COC(=O)C(C)(C)COc1ccc(Br)c(CC(C)N)c1. The van der Waals surface area contributed by atoms with Gasteiger partial charge in [-0.1, -0.05) is 15.9 Å². The molecule has 0 amide bonds. The Bertz CT molecular complexity index is 472. The van der Waals surface area contributed by atoms with Crippen LogP contribution in [0.4, 0.5) is 0 Å². The molecule has 2 N–H and O–H groups in total. The largest absolute Gasteiger partial charge is 0.492 e. The summed E-state index contributed by atoms with van der Waals surface area (Å²) >= 11 is 3.50. The second-order valence-corrected chi connectivity index (χ2v) is 6.45. The van der Waals surface area contributed by atoms with Crippen molar-refractivity contribution in [3.8, 4) is 5.75 Å². The van der Waals surface area contributed by atoms with Crippen molar-refractivity contribution in [1.29, 1.82) is 0 Å². The second-order valence-electron chi connectivity index (χ2n) is 5.60. The predicted molar refractivity (Wildman–Crippen MR) is 82.8 cm³/mol. The van der Waals surface area contributed by atoms with Gasteiger partial charge in [-0.05, 0) is 51.0 Å². The van der Waals surface area contributed by atoms with Crippen LogP contribution in [0, 0.1) is 5.41 Å². The quantitative estimate of drug-likeness (QED) is 0.806. The molecule has 0 saturated carbocycles. The average Bonchev–Trinajstić information content (AvgIpc) is 2.38. The lowest BCUT2D eigenvalue weighted by molar-refractivity contribution is -0.152. The van der Waals surface area contributed by atoms with Gasteiger partial charge in [-0.25, -0.2) is 0 Å². The Kier molecular flexibility index (Phi) is 6.02. The highest BCUT2D eigenvalue weighted by Crippen LogP contribution is 2.26. The Morgan fingerprint density at radius 1 is 1.45 bits per heavy atom. The second kappa shape index (κ2) is 7.09. The van der Waals surface area contributed by atoms with Crippen LogP contribution in [0.1, 0.15) is 26.3 Å². The van der Waals surface area contributed by atoms with Crippen LogP contribution in [-0.4, -0.2) is 25.7 Å². The summed E-state index contributed by atoms with van der Waals surface area (Å²) in [6, 6.07) is 5.81. The van der Waals surface area contributed by atoms with E-state index in [1.54, 1.807) is 13.8 Å². The lowest BCUT2D eigenvalue weighted by Gasteiger charge is -2.22. The van der Waals surface area contributed by atoms with Gasteiger partial charge in [0.05, 0.1) is 12.5 Å². The van der Waals surface area contributed by atoms with Crippen molar-refractivity contribution in [1.82, 2.24) is 0 Å². The first kappa shape index (κ1) is 17.0. The number of nitrogens with two attached hydrogens (primary N) is 1. The van der Waals surface area contributed by atoms with Gasteiger partial charge >= 0.3 is 5.97 Å². The summed E-state index contributed by atoms with van der Waals surface area (Å²) in [6.45, 7) is 5.81. The van der Waals surface area contributed by atoms with Crippen LogP contribution in [0.2, 0.25) is 0 Å². The fraction of sp³-hybridized carbons (Fsp3) is 0.533. The molecular formula is C15H22BrNO3. The molecule has 1 aromatic rings. The number of hydrogen-bond acceptors (Lipinski definition) is 4. The molecule has 0 aliphatic rings. The molecule has 20 heavy (non-hydrogen) atoms. The Hall–Kier alpha value is -1.07. The summed E-state index contributed by atoms with van der Waals surface area (Å²) in [5.74, 6) is 0.436. The monoisotopic (exact) mass is 343 g/mol. The molecule has 0 saturated heterocycles. The van der Waals surface area contributed by atoms with Gasteiger partial charge in [-0.15, -0.1) is 0 Å². The maximum absolute atomic E-state index is 11.6. The molecule has 4 nitrogen and oxygen atoms in total. The zero-order chi connectivity index (χ0) is 15.3. The Morgan fingerprint density at radius 3 is 2.65 bits per heavy atom. The van der Waals surface area contributed by atoms with Crippen molar-refractivity contribution >= 4 is 21.9 Å². The Labute approximate surface area is 128 Å². The third kappa shape index (κ3) is 4.80. The molecule has 0 heterocycles. The first-order valence-electron chi connectivity index (χ1n) is 6.51. The van der Waals surface area contributed by atoms with E-state index in [2.05, 4.69) is 15.9 Å². The minimum absolute atomic E-state index is 0.0769. The number of carbonyl (C=O) groups excluding carboxylic acids is 1. The molecule has 0 bridgehead atoms. The highest BCUT2D eigenvalue weighted by Gasteiger charge is 2.29. The highest BCUT2D eigenvalue weighted by atomic mass is 79.9. The molecule has 112 valence electrons. The molecule has 1 rings (SSSR count). The molecule has 0 spiro atoms. The smallest absolute Gasteiger partial charge is 0.314 e. The van der Waals surface area contributed by atoms with E-state index in [0.29, 0.717) is 0 Å². The average molecular weight is 344 g/mol. The number of esters is 1. The molecule has 0 aromatic heterocycles. The number of hydrogen-bond donors (Lipinski definition) is 1. The van der Waals surface area contributed by atoms with Gasteiger partial charge in [0.15, 0.2) is 0 Å². The maximum atomic E-state index is 11.6. The van der Waals surface area contributed by atoms with E-state index in [9.17, 15) is 4.79 Å². The van der Waals surface area contributed by atoms with Crippen LogP contribution in [-0.2, 0) is 16.0 Å². The minimum atomic E-state index is -0.677. The summed E-state index contributed by atoms with van der Waals surface area (Å²) in [5.41, 5.74) is 6.24. The number of halogens is 1. The van der Waals surface area contributed by atoms with E-state index in [1.807, 2.05) is 25.1 Å². The summed E-state index contributed by atoms with van der Waals surface area (Å²) < 4.78 is 11.5. The number of ether oxygens (including phenoxy) is 2. The number of methoxy groups -OCH3 is 1. The van der Waals surface area contributed by atoms with Gasteiger partial charge in [0.2, 0.25) is 0 Å². The van der Waals surface area contributed by atoms with E-state index >= 15 is 0 Å². The van der Waals surface area contributed by atoms with Crippen molar-refractivity contribution < 1.29 is 14.3 Å². The number of carbonyl (C=O) groups is 1. The van der Waals surface area contributed by atoms with Crippen molar-refractivity contribution in [2.24, 2.45) is 11.1 Å². The van der Waals surface area contributed by atoms with Crippen LogP contribution in [0.15, 0.2) is 22.7 Å². The molecule has 0 aliphatic carbocycles. The maximum Gasteiger partial charge on any atom is 0.314 e. The Morgan fingerprint density at radius 2 is 2.10 bits per heavy atom. The first-order chi connectivity index (χ1) is 9.26. The van der Waals surface area contributed by atoms with E-state index in [1.165, 1.54) is 7.11 Å². The third-order valence-electron chi connectivity index (χ3n) is 2.90. The fourth-order valence-corrected chi connectivity index (χ4v) is 2.15. The minimum Gasteiger partial charge on any atom is -0.492 e. The molecule has 0 aliphatic heterocycles. The molecule has 1 unspecified atom stereocenters. The van der Waals surface area contributed by atoms with Crippen molar-refractivity contribution in [3.63, 3.8) is 0 Å². The van der Waals surface area contributed by atoms with Crippen LogP contribution >= 0.6 is 15.9 Å². The van der Waals surface area contributed by atoms with Crippen LogP contribution in [0.25, 0.3) is 0 Å². The third-order valence-corrected chi connectivity index (χ3v) is 3.67. The topological polar surface area (TPSA) is 61.5 Å². The Balaban J connectivity index is 2.76. The zero-order valence-corrected chi connectivity index (χ0v) is 14.0. The van der Waals surface area contributed by atoms with Gasteiger partial charge in [0, 0.05) is 10.5 Å². The molecular weight excluding hydrogens is 322 g/mol. The summed E-state index contributed by atoms with van der Waals surface area (Å²) in [4.78, 5) is 11.6. The first-order valence-corrected chi connectivity index (χ1v) is 7.31. The molecule has 0 radical (unpaired) electrons. The highest BCUT2D eigenvalue weighted by molar-refractivity contribution is 9.10. The van der Waals surface area contributed by atoms with Gasteiger partial charge in [-0.2, -0.15) is 0 Å². The molecule has 5 heteroatoms. The summed E-state index contributed by atoms with van der Waals surface area (Å²) in [5, 5.41) is 0. The van der Waals surface area contributed by atoms with E-state index in [4.69, 9.17) is 15.2 Å². The molecule has 1 aromatic carbocycles. The van der Waals surface area contributed by atoms with Gasteiger partial charge in [0.1, 0.15) is 12.4 Å². The van der Waals surface area contributed by atoms with Gasteiger partial charge in [-0.3, -0.25) is 4.79 Å². The fourth-order valence-electron chi connectivity index (χ4n) is 1.74. The van der Waals surface area contributed by atoms with Crippen LogP contribution in [0.5, 0.6) is 5.75 Å².